The molecule has 75 heavy (non-hydrogen) atoms. The molecule has 16 heteroatoms. The minimum absolute atomic E-state index is 0.0289. The highest BCUT2D eigenvalue weighted by molar-refractivity contribution is 5.70. The van der Waals surface area contributed by atoms with E-state index in [9.17, 15) is 28.8 Å². The number of carbonyl (C=O) groups is 6. The first-order chi connectivity index (χ1) is 36.5. The van der Waals surface area contributed by atoms with Crippen LogP contribution >= 0.6 is 0 Å². The highest BCUT2D eigenvalue weighted by atomic mass is 16.7. The molecule has 0 fully saturated rings. The third-order valence-corrected chi connectivity index (χ3v) is 13.3. The van der Waals surface area contributed by atoms with Gasteiger partial charge < -0.3 is 42.8 Å². The molecule has 0 heterocycles. The molecule has 0 amide bonds. The van der Waals surface area contributed by atoms with Gasteiger partial charge in [-0.05, 0) is 110 Å². The summed E-state index contributed by atoms with van der Waals surface area (Å²) in [6, 6.07) is 0. The monoisotopic (exact) mass is 1070 g/mol. The summed E-state index contributed by atoms with van der Waals surface area (Å²) in [5.41, 5.74) is 0. The van der Waals surface area contributed by atoms with Crippen molar-refractivity contribution in [3.05, 3.63) is 0 Å². The van der Waals surface area contributed by atoms with Gasteiger partial charge in [-0.15, -0.1) is 0 Å². The van der Waals surface area contributed by atoms with E-state index in [4.69, 9.17) is 37.9 Å². The maximum absolute atomic E-state index is 13.1. The van der Waals surface area contributed by atoms with Crippen LogP contribution in [0.5, 0.6) is 0 Å². The van der Waals surface area contributed by atoms with Crippen LogP contribution in [0.15, 0.2) is 0 Å². The van der Waals surface area contributed by atoms with E-state index in [2.05, 4.69) is 51.3 Å². The van der Waals surface area contributed by atoms with Crippen molar-refractivity contribution in [1.82, 2.24) is 9.80 Å². The summed E-state index contributed by atoms with van der Waals surface area (Å²) in [5.74, 6) is -1.10. The van der Waals surface area contributed by atoms with E-state index in [0.29, 0.717) is 97.4 Å². The normalized spacial score (nSPS) is 11.3. The number of carbonyl (C=O) groups excluding carboxylic acids is 6. The molecule has 0 aromatic carbocycles. The highest BCUT2D eigenvalue weighted by Crippen LogP contribution is 2.18. The Morgan fingerprint density at radius 3 is 0.853 bits per heavy atom. The number of ether oxygens (including phenoxy) is 8. The summed E-state index contributed by atoms with van der Waals surface area (Å²) in [5, 5.41) is 0. The summed E-state index contributed by atoms with van der Waals surface area (Å²) in [6.45, 7) is 18.6. The van der Waals surface area contributed by atoms with Crippen molar-refractivity contribution in [1.29, 1.82) is 0 Å². The van der Waals surface area contributed by atoms with Crippen molar-refractivity contribution < 1.29 is 66.7 Å². The van der Waals surface area contributed by atoms with E-state index in [1.807, 2.05) is 0 Å². The summed E-state index contributed by atoms with van der Waals surface area (Å²) in [6.07, 6.45) is 23.6. The van der Waals surface area contributed by atoms with Gasteiger partial charge in [0.15, 0.2) is 0 Å². The van der Waals surface area contributed by atoms with Gasteiger partial charge in [0, 0.05) is 38.8 Å². The third-order valence-electron chi connectivity index (χ3n) is 13.3. The fraction of sp³-hybridized carbons (Fsp3) is 0.898. The molecule has 0 rings (SSSR count). The Morgan fingerprint density at radius 2 is 0.573 bits per heavy atom. The summed E-state index contributed by atoms with van der Waals surface area (Å²) >= 11 is 0. The average Bonchev–Trinajstić information content (AvgIpc) is 3.39. The number of hydrogen-bond donors (Lipinski definition) is 0. The molecule has 0 saturated carbocycles. The second-order valence-electron chi connectivity index (χ2n) is 20.0. The largest absolute Gasteiger partial charge is 0.508 e. The van der Waals surface area contributed by atoms with Crippen LogP contribution in [0.1, 0.15) is 253 Å². The van der Waals surface area contributed by atoms with Crippen LogP contribution in [-0.2, 0) is 57.1 Å². The topological polar surface area (TPSA) is 183 Å². The van der Waals surface area contributed by atoms with Gasteiger partial charge in [0.1, 0.15) is 25.4 Å². The highest BCUT2D eigenvalue weighted by Gasteiger charge is 2.21. The van der Waals surface area contributed by atoms with E-state index in [1.54, 1.807) is 0 Å². The Labute approximate surface area is 455 Å². The lowest BCUT2D eigenvalue weighted by atomic mass is 10.1. The van der Waals surface area contributed by atoms with Crippen molar-refractivity contribution in [2.45, 2.75) is 266 Å². The molecule has 0 bridgehead atoms. The van der Waals surface area contributed by atoms with Gasteiger partial charge >= 0.3 is 36.2 Å². The fourth-order valence-corrected chi connectivity index (χ4v) is 8.53. The summed E-state index contributed by atoms with van der Waals surface area (Å²) < 4.78 is 44.5. The van der Waals surface area contributed by atoms with Crippen LogP contribution in [-0.4, -0.2) is 137 Å². The van der Waals surface area contributed by atoms with Crippen LogP contribution in [0.4, 0.5) is 9.59 Å². The minimum Gasteiger partial charge on any atom is -0.466 e. The molecular weight excluding hydrogens is 961 g/mol. The molecule has 0 aliphatic carbocycles. The second kappa shape index (κ2) is 53.7. The van der Waals surface area contributed by atoms with Crippen LogP contribution in [0, 0.1) is 0 Å². The zero-order chi connectivity index (χ0) is 55.3. The lowest BCUT2D eigenvalue weighted by Crippen LogP contribution is -2.35. The molecular formula is C59H110N2O14. The molecule has 0 aliphatic rings. The molecule has 440 valence electrons. The van der Waals surface area contributed by atoms with E-state index < -0.39 is 24.5 Å². The van der Waals surface area contributed by atoms with Gasteiger partial charge in [-0.2, -0.15) is 0 Å². The van der Waals surface area contributed by atoms with Gasteiger partial charge in [-0.3, -0.25) is 24.1 Å². The molecule has 0 aromatic heterocycles. The fourth-order valence-electron chi connectivity index (χ4n) is 8.53. The van der Waals surface area contributed by atoms with Crippen LogP contribution < -0.4 is 0 Å². The molecule has 0 unspecified atom stereocenters. The molecule has 0 N–H and O–H groups in total. The third kappa shape index (κ3) is 48.5. The Kier molecular flexibility index (Phi) is 51.1. The Bertz CT molecular complexity index is 1220. The molecule has 0 spiro atoms. The van der Waals surface area contributed by atoms with Crippen LogP contribution in [0.3, 0.4) is 0 Å². The van der Waals surface area contributed by atoms with Gasteiger partial charge in [0.2, 0.25) is 0 Å². The minimum atomic E-state index is -0.829. The number of nitrogens with zero attached hydrogens (tertiary/aromatic N) is 2. The number of rotatable bonds is 54. The molecule has 0 aromatic rings. The zero-order valence-corrected chi connectivity index (χ0v) is 48.6. The lowest BCUT2D eigenvalue weighted by Gasteiger charge is -2.25. The molecule has 0 atom stereocenters. The first-order valence-electron chi connectivity index (χ1n) is 30.2. The van der Waals surface area contributed by atoms with Crippen molar-refractivity contribution in [2.24, 2.45) is 0 Å². The number of unbranched alkanes of at least 4 members (excludes halogenated alkanes) is 16. The van der Waals surface area contributed by atoms with E-state index in [-0.39, 0.29) is 62.8 Å². The zero-order valence-electron chi connectivity index (χ0n) is 48.6. The van der Waals surface area contributed by atoms with Crippen molar-refractivity contribution in [3.8, 4) is 0 Å². The van der Waals surface area contributed by atoms with Crippen molar-refractivity contribution in [3.63, 3.8) is 0 Å². The Balaban J connectivity index is 5.46. The standard InChI is InChI=1S/C59H110N2O14/c1-7-13-17-21-25-46-68-54(62)38-29-34-52(35-30-39-55(63)69-47-26-22-18-14-8-2)74-58(66)72-50-44-61(43-33-42-60(11-5)12-6)45-51-73-59(67)75-53(36-31-40-56(64)70-48-27-23-19-15-9-3)37-32-41-57(65)71-49-28-24-20-16-10-4/h52-53H,7-51H2,1-6H3. The summed E-state index contributed by atoms with van der Waals surface area (Å²) in [4.78, 5) is 80.5. The summed E-state index contributed by atoms with van der Waals surface area (Å²) in [7, 11) is 0. The smallest absolute Gasteiger partial charge is 0.466 e. The van der Waals surface area contributed by atoms with Crippen LogP contribution in [0.25, 0.3) is 0 Å². The van der Waals surface area contributed by atoms with Crippen LogP contribution in [0.2, 0.25) is 0 Å². The molecule has 0 saturated heterocycles. The maximum Gasteiger partial charge on any atom is 0.508 e. The lowest BCUT2D eigenvalue weighted by molar-refractivity contribution is -0.145. The Morgan fingerprint density at radius 1 is 0.293 bits per heavy atom. The number of hydrogen-bond acceptors (Lipinski definition) is 16. The molecule has 0 aliphatic heterocycles. The SMILES string of the molecule is CCCCCCCOC(=O)CCCC(CCCC(=O)OCCCCCCC)OC(=O)OCCN(CCCN(CC)CC)CCOC(=O)OC(CCCC(=O)OCCCCCCC)CCCC(=O)OCCCCCCC. The van der Waals surface area contributed by atoms with Gasteiger partial charge in [0.25, 0.3) is 0 Å². The predicted octanol–water partition coefficient (Wildman–Crippen LogP) is 13.8. The van der Waals surface area contributed by atoms with E-state index in [0.717, 1.165) is 129 Å². The Hall–Kier alpha value is -3.66. The van der Waals surface area contributed by atoms with Crippen molar-refractivity contribution in [2.75, 3.05) is 78.9 Å². The quantitative estimate of drug-likeness (QED) is 0.0318. The number of esters is 4. The second-order valence-corrected chi connectivity index (χ2v) is 20.0. The van der Waals surface area contributed by atoms with Gasteiger partial charge in [0.05, 0.1) is 26.4 Å². The van der Waals surface area contributed by atoms with Gasteiger partial charge in [-0.1, -0.05) is 144 Å². The van der Waals surface area contributed by atoms with Gasteiger partial charge in [-0.25, -0.2) is 9.59 Å². The van der Waals surface area contributed by atoms with E-state index in [1.165, 1.54) is 25.7 Å². The molecule has 0 radical (unpaired) electrons. The first-order valence-corrected chi connectivity index (χ1v) is 30.2. The predicted molar refractivity (Wildman–Crippen MR) is 296 cm³/mol. The maximum atomic E-state index is 13.1. The first kappa shape index (κ1) is 71.3. The van der Waals surface area contributed by atoms with Crippen molar-refractivity contribution >= 4 is 36.2 Å². The molecule has 16 nitrogen and oxygen atoms in total. The van der Waals surface area contributed by atoms with E-state index >= 15 is 0 Å². The average molecular weight is 1070 g/mol.